The fourth-order valence-electron chi connectivity index (χ4n) is 3.75. The number of carboxylic acids is 1. The number of imide groups is 1. The summed E-state index contributed by atoms with van der Waals surface area (Å²) in [6.45, 7) is 0. The lowest BCUT2D eigenvalue weighted by Crippen LogP contribution is -2.50. The van der Waals surface area contributed by atoms with Gasteiger partial charge in [-0.05, 0) is 41.8 Å². The van der Waals surface area contributed by atoms with Crippen LogP contribution in [0.5, 0.6) is 11.5 Å². The molecule has 0 spiro atoms. The summed E-state index contributed by atoms with van der Waals surface area (Å²) in [4.78, 5) is 53.9. The fourth-order valence-corrected chi connectivity index (χ4v) is 4.61. The number of ether oxygens (including phenoxy) is 1. The number of benzene rings is 2. The van der Waals surface area contributed by atoms with Gasteiger partial charge in [-0.3, -0.25) is 19.7 Å². The van der Waals surface area contributed by atoms with Gasteiger partial charge >= 0.3 is 5.97 Å². The van der Waals surface area contributed by atoms with Crippen LogP contribution in [0, 0.1) is 5.82 Å². The van der Waals surface area contributed by atoms with E-state index in [4.69, 9.17) is 10.5 Å². The molecular weight excluding hydrogens is 517 g/mol. The van der Waals surface area contributed by atoms with E-state index >= 15 is 0 Å². The molecule has 6 N–H and O–H groups in total. The van der Waals surface area contributed by atoms with Crippen LogP contribution in [0.1, 0.15) is 16.8 Å². The lowest BCUT2D eigenvalue weighted by molar-refractivity contribution is -0.142. The van der Waals surface area contributed by atoms with Crippen LogP contribution in [-0.2, 0) is 33.6 Å². The van der Waals surface area contributed by atoms with Crippen LogP contribution in [0.25, 0.3) is 0 Å². The van der Waals surface area contributed by atoms with Gasteiger partial charge in [-0.1, -0.05) is 30.0 Å². The number of nitrogens with zero attached hydrogens (tertiary/aromatic N) is 1. The molecule has 4 rings (SSSR count). The van der Waals surface area contributed by atoms with Gasteiger partial charge in [-0.25, -0.2) is 14.2 Å². The number of carboxylic acid groups (broad SMARTS) is 1. The first-order valence-corrected chi connectivity index (χ1v) is 12.4. The number of halogens is 1. The zero-order chi connectivity index (χ0) is 27.2. The van der Waals surface area contributed by atoms with Crippen molar-refractivity contribution in [3.8, 4) is 11.5 Å². The van der Waals surface area contributed by atoms with Gasteiger partial charge in [0, 0.05) is 19.0 Å². The Hall–Kier alpha value is -4.23. The van der Waals surface area contributed by atoms with Gasteiger partial charge in [0.1, 0.15) is 11.8 Å². The van der Waals surface area contributed by atoms with Gasteiger partial charge < -0.3 is 25.9 Å². The van der Waals surface area contributed by atoms with Crippen LogP contribution in [0.2, 0.25) is 0 Å². The zero-order valence-electron chi connectivity index (χ0n) is 19.8. The molecule has 0 bridgehead atoms. The van der Waals surface area contributed by atoms with E-state index in [1.165, 1.54) is 18.5 Å². The van der Waals surface area contributed by atoms with Crippen molar-refractivity contribution in [3.05, 3.63) is 77.6 Å². The molecule has 3 atom stereocenters. The molecule has 3 amide bonds. The average Bonchev–Trinajstić information content (AvgIpc) is 3.50. The van der Waals surface area contributed by atoms with Crippen LogP contribution in [0.4, 0.5) is 9.18 Å². The van der Waals surface area contributed by atoms with Crippen molar-refractivity contribution in [2.24, 2.45) is 5.73 Å². The molecule has 198 valence electrons. The van der Waals surface area contributed by atoms with Gasteiger partial charge in [-0.2, -0.15) is 0 Å². The Balaban J connectivity index is 1.34. The number of hydrogen-bond acceptors (Lipinski definition) is 8. The number of nitrogens with two attached hydrogens (primary N) is 1. The molecule has 1 aromatic heterocycles. The maximum Gasteiger partial charge on any atom is 0.326 e. The number of amides is 3. The maximum absolute atomic E-state index is 14.8. The summed E-state index contributed by atoms with van der Waals surface area (Å²) in [6, 6.07) is 8.36. The normalized spacial score (nSPS) is 16.5. The highest BCUT2D eigenvalue weighted by Gasteiger charge is 2.31. The Morgan fingerprint density at radius 2 is 1.89 bits per heavy atom. The van der Waals surface area contributed by atoms with E-state index in [1.807, 2.05) is 0 Å². The van der Waals surface area contributed by atoms with Crippen molar-refractivity contribution in [3.63, 3.8) is 0 Å². The summed E-state index contributed by atoms with van der Waals surface area (Å²) in [5.74, 6) is -2.72. The third-order valence-corrected chi connectivity index (χ3v) is 6.69. The molecule has 13 heteroatoms. The largest absolute Gasteiger partial charge is 0.480 e. The predicted octanol–water partition coefficient (Wildman–Crippen LogP) is 1.92. The lowest BCUT2D eigenvalue weighted by Gasteiger charge is -2.18. The Bertz CT molecular complexity index is 1330. The van der Waals surface area contributed by atoms with E-state index in [2.05, 4.69) is 20.6 Å². The highest BCUT2D eigenvalue weighted by atomic mass is 32.2. The van der Waals surface area contributed by atoms with E-state index in [9.17, 15) is 28.7 Å². The SMILES string of the molecule is NC(Cc1c[nH]cn1)C(=O)NC(Cc1ccc(Oc2ccc(CC3SC(=O)NC3=O)cc2)c(F)c1)C(=O)O. The molecule has 0 radical (unpaired) electrons. The highest BCUT2D eigenvalue weighted by molar-refractivity contribution is 8.15. The molecule has 0 aliphatic carbocycles. The summed E-state index contributed by atoms with van der Waals surface area (Å²) in [5.41, 5.74) is 7.56. The molecule has 0 saturated carbocycles. The summed E-state index contributed by atoms with van der Waals surface area (Å²) < 4.78 is 20.4. The number of aromatic amines is 1. The number of aromatic nitrogens is 2. The minimum Gasteiger partial charge on any atom is -0.480 e. The molecule has 3 aromatic rings. The molecule has 1 fully saturated rings. The number of nitrogens with one attached hydrogen (secondary N) is 3. The number of aliphatic carboxylic acids is 1. The van der Waals surface area contributed by atoms with E-state index in [-0.39, 0.29) is 29.7 Å². The van der Waals surface area contributed by atoms with E-state index in [0.29, 0.717) is 23.4 Å². The van der Waals surface area contributed by atoms with Gasteiger partial charge in [0.15, 0.2) is 11.6 Å². The molecular formula is C25H24FN5O6S. The Kier molecular flexibility index (Phi) is 8.38. The average molecular weight is 542 g/mol. The predicted molar refractivity (Wildman–Crippen MR) is 135 cm³/mol. The number of H-pyrrole nitrogens is 1. The van der Waals surface area contributed by atoms with Gasteiger partial charge in [0.05, 0.1) is 23.3 Å². The molecule has 3 unspecified atom stereocenters. The van der Waals surface area contributed by atoms with Crippen molar-refractivity contribution in [2.75, 3.05) is 0 Å². The minimum absolute atomic E-state index is 0.0743. The van der Waals surface area contributed by atoms with E-state index < -0.39 is 35.0 Å². The number of carbonyl (C=O) groups excluding carboxylic acids is 3. The zero-order valence-corrected chi connectivity index (χ0v) is 20.7. The van der Waals surface area contributed by atoms with Crippen molar-refractivity contribution in [1.29, 1.82) is 0 Å². The lowest BCUT2D eigenvalue weighted by atomic mass is 10.0. The maximum atomic E-state index is 14.8. The van der Waals surface area contributed by atoms with Crippen molar-refractivity contribution in [2.45, 2.75) is 36.6 Å². The summed E-state index contributed by atoms with van der Waals surface area (Å²) in [7, 11) is 0. The van der Waals surface area contributed by atoms with Crippen LogP contribution in [0.15, 0.2) is 55.0 Å². The second kappa shape index (κ2) is 11.9. The topological polar surface area (TPSA) is 176 Å². The Morgan fingerprint density at radius 3 is 2.50 bits per heavy atom. The number of imidazole rings is 1. The van der Waals surface area contributed by atoms with Crippen molar-refractivity contribution in [1.82, 2.24) is 20.6 Å². The van der Waals surface area contributed by atoms with Crippen LogP contribution in [-0.4, -0.2) is 55.4 Å². The quantitative estimate of drug-likeness (QED) is 0.243. The second-order valence-corrected chi connectivity index (χ2v) is 9.75. The number of hydrogen-bond donors (Lipinski definition) is 5. The van der Waals surface area contributed by atoms with Gasteiger partial charge in [0.2, 0.25) is 11.8 Å². The van der Waals surface area contributed by atoms with Crippen molar-refractivity contribution < 1.29 is 33.4 Å². The molecule has 2 heterocycles. The first kappa shape index (κ1) is 26.8. The smallest absolute Gasteiger partial charge is 0.326 e. The van der Waals surface area contributed by atoms with Gasteiger partial charge in [-0.15, -0.1) is 0 Å². The molecule has 2 aromatic carbocycles. The number of carbonyl (C=O) groups is 4. The minimum atomic E-state index is -1.32. The molecule has 11 nitrogen and oxygen atoms in total. The number of rotatable bonds is 11. The monoisotopic (exact) mass is 541 g/mol. The summed E-state index contributed by atoms with van der Waals surface area (Å²) >= 11 is 0.939. The van der Waals surface area contributed by atoms with E-state index in [0.717, 1.165) is 23.4 Å². The molecule has 38 heavy (non-hydrogen) atoms. The molecule has 1 aliphatic rings. The van der Waals surface area contributed by atoms with Crippen LogP contribution < -0.4 is 21.1 Å². The molecule has 1 aliphatic heterocycles. The first-order valence-electron chi connectivity index (χ1n) is 11.5. The third kappa shape index (κ3) is 6.95. The standard InChI is InChI=1S/C25H24FN5O6S/c26-17-7-14(8-19(24(34)35)30-22(32)18(27)10-15-11-28-12-29-15)3-6-20(17)37-16-4-1-13(2-5-16)9-21-23(33)31-25(36)38-21/h1-7,11-12,18-19,21H,8-10,27H2,(H,28,29)(H,30,32)(H,34,35)(H,31,33,36). The Labute approximate surface area is 220 Å². The van der Waals surface area contributed by atoms with Gasteiger partial charge in [0.25, 0.3) is 5.24 Å². The second-order valence-electron chi connectivity index (χ2n) is 8.57. The third-order valence-electron chi connectivity index (χ3n) is 5.71. The number of thioether (sulfide) groups is 1. The van der Waals surface area contributed by atoms with Crippen LogP contribution in [0.3, 0.4) is 0 Å². The summed E-state index contributed by atoms with van der Waals surface area (Å²) in [5, 5.41) is 13.3. The fraction of sp³-hybridized carbons (Fsp3) is 0.240. The summed E-state index contributed by atoms with van der Waals surface area (Å²) in [6.07, 6.45) is 3.34. The highest BCUT2D eigenvalue weighted by Crippen LogP contribution is 2.28. The van der Waals surface area contributed by atoms with Crippen molar-refractivity contribution >= 4 is 34.8 Å². The Morgan fingerprint density at radius 1 is 1.16 bits per heavy atom. The first-order chi connectivity index (χ1) is 18.2. The van der Waals surface area contributed by atoms with Crippen LogP contribution >= 0.6 is 11.8 Å². The van der Waals surface area contributed by atoms with E-state index in [1.54, 1.807) is 30.5 Å². The molecule has 1 saturated heterocycles.